The summed E-state index contributed by atoms with van der Waals surface area (Å²) in [4.78, 5) is 20.6. The third-order valence-electron chi connectivity index (χ3n) is 2.84. The summed E-state index contributed by atoms with van der Waals surface area (Å²) in [6.45, 7) is 0.0583. The first-order valence-corrected chi connectivity index (χ1v) is 5.92. The van der Waals surface area contributed by atoms with E-state index in [2.05, 4.69) is 5.32 Å². The van der Waals surface area contributed by atoms with Crippen LogP contribution >= 0.6 is 0 Å². The van der Waals surface area contributed by atoms with Gasteiger partial charge in [-0.1, -0.05) is 18.2 Å². The number of nitrogens with one attached hydrogen (secondary N) is 1. The Morgan fingerprint density at radius 3 is 2.33 bits per heavy atom. The number of benzene rings is 2. The normalized spacial score (nSPS) is 10.1. The number of phenols is 1. The van der Waals surface area contributed by atoms with E-state index in [1.807, 2.05) is 0 Å². The Morgan fingerprint density at radius 1 is 1.00 bits per heavy atom. The Bertz CT molecular complexity index is 702. The predicted octanol–water partition coefficient (Wildman–Crippen LogP) is 2.82. The minimum atomic E-state index is -0.637. The van der Waals surface area contributed by atoms with Crippen LogP contribution in [0.25, 0.3) is 0 Å². The number of nitro groups is 2. The molecule has 0 saturated heterocycles. The van der Waals surface area contributed by atoms with Crippen molar-refractivity contribution in [3.05, 3.63) is 68.3 Å². The molecule has 2 aromatic carbocycles. The summed E-state index contributed by atoms with van der Waals surface area (Å²) < 4.78 is 0. The minimum Gasteiger partial charge on any atom is -0.508 e. The van der Waals surface area contributed by atoms with Gasteiger partial charge in [0, 0.05) is 18.2 Å². The third kappa shape index (κ3) is 3.24. The molecule has 2 rings (SSSR count). The lowest BCUT2D eigenvalue weighted by atomic mass is 10.1. The molecule has 0 unspecified atom stereocenters. The molecule has 0 aliphatic heterocycles. The van der Waals surface area contributed by atoms with Gasteiger partial charge >= 0.3 is 0 Å². The number of nitro benzene ring substituents is 2. The van der Waals surface area contributed by atoms with Gasteiger partial charge in [0.1, 0.15) is 11.4 Å². The quantitative estimate of drug-likeness (QED) is 0.496. The van der Waals surface area contributed by atoms with Crippen LogP contribution in [0.3, 0.4) is 0 Å². The van der Waals surface area contributed by atoms with Crippen molar-refractivity contribution in [1.29, 1.82) is 0 Å². The van der Waals surface area contributed by atoms with Gasteiger partial charge in [0.05, 0.1) is 15.9 Å². The molecule has 0 spiro atoms. The molecule has 0 aliphatic carbocycles. The summed E-state index contributed by atoms with van der Waals surface area (Å²) in [6.07, 6.45) is 0. The number of phenolic OH excluding ortho intramolecular Hbond substituents is 1. The zero-order valence-electron chi connectivity index (χ0n) is 10.7. The Kier molecular flexibility index (Phi) is 3.98. The number of rotatable bonds is 5. The van der Waals surface area contributed by atoms with Crippen molar-refractivity contribution in [3.8, 4) is 5.75 Å². The Balaban J connectivity index is 2.25. The zero-order chi connectivity index (χ0) is 15.4. The standard InChI is InChI=1S/C13H11N3O5/c17-10-5-6-11(13(7-10)16(20)21)14-8-9-3-1-2-4-12(9)15(18)19/h1-7,14,17H,8H2. The van der Waals surface area contributed by atoms with Crippen LogP contribution in [0.15, 0.2) is 42.5 Å². The van der Waals surface area contributed by atoms with E-state index in [0.29, 0.717) is 5.56 Å². The number of aromatic hydroxyl groups is 1. The van der Waals surface area contributed by atoms with Gasteiger partial charge in [-0.25, -0.2) is 0 Å². The maximum atomic E-state index is 10.9. The van der Waals surface area contributed by atoms with Gasteiger partial charge in [-0.3, -0.25) is 20.2 Å². The summed E-state index contributed by atoms with van der Waals surface area (Å²) in [5, 5.41) is 33.8. The molecule has 0 bridgehead atoms. The van der Waals surface area contributed by atoms with E-state index in [9.17, 15) is 25.3 Å². The van der Waals surface area contributed by atoms with E-state index < -0.39 is 9.85 Å². The fraction of sp³-hybridized carbons (Fsp3) is 0.0769. The van der Waals surface area contributed by atoms with Gasteiger partial charge in [0.15, 0.2) is 0 Å². The van der Waals surface area contributed by atoms with Crippen molar-refractivity contribution >= 4 is 17.1 Å². The van der Waals surface area contributed by atoms with E-state index >= 15 is 0 Å². The highest BCUT2D eigenvalue weighted by atomic mass is 16.6. The van der Waals surface area contributed by atoms with Crippen LogP contribution in [0.1, 0.15) is 5.56 Å². The molecule has 108 valence electrons. The van der Waals surface area contributed by atoms with Crippen molar-refractivity contribution in [2.45, 2.75) is 6.54 Å². The molecule has 0 saturated carbocycles. The molecule has 2 N–H and O–H groups in total. The highest BCUT2D eigenvalue weighted by Crippen LogP contribution is 2.29. The summed E-state index contributed by atoms with van der Waals surface area (Å²) >= 11 is 0. The summed E-state index contributed by atoms with van der Waals surface area (Å²) in [5.74, 6) is -0.224. The Hall–Kier alpha value is -3.16. The van der Waals surface area contributed by atoms with Gasteiger partial charge in [0.2, 0.25) is 0 Å². The van der Waals surface area contributed by atoms with E-state index in [1.54, 1.807) is 18.2 Å². The number of hydrogen-bond donors (Lipinski definition) is 2. The lowest BCUT2D eigenvalue weighted by Crippen LogP contribution is -2.04. The van der Waals surface area contributed by atoms with Crippen molar-refractivity contribution in [3.63, 3.8) is 0 Å². The second-order valence-corrected chi connectivity index (χ2v) is 4.20. The summed E-state index contributed by atoms with van der Waals surface area (Å²) in [6, 6.07) is 9.79. The lowest BCUT2D eigenvalue weighted by molar-refractivity contribution is -0.385. The summed E-state index contributed by atoms with van der Waals surface area (Å²) in [5.41, 5.74) is 0.223. The molecular formula is C13H11N3O5. The van der Waals surface area contributed by atoms with Crippen LogP contribution < -0.4 is 5.32 Å². The van der Waals surface area contributed by atoms with Crippen LogP contribution in [0.2, 0.25) is 0 Å². The first-order chi connectivity index (χ1) is 9.99. The smallest absolute Gasteiger partial charge is 0.296 e. The first kappa shape index (κ1) is 14.3. The number of nitrogens with zero attached hydrogens (tertiary/aromatic N) is 2. The van der Waals surface area contributed by atoms with Crippen LogP contribution in [0, 0.1) is 20.2 Å². The van der Waals surface area contributed by atoms with E-state index in [0.717, 1.165) is 6.07 Å². The van der Waals surface area contributed by atoms with Crippen molar-refractivity contribution in [2.24, 2.45) is 0 Å². The van der Waals surface area contributed by atoms with Crippen LogP contribution in [0.4, 0.5) is 17.1 Å². The van der Waals surface area contributed by atoms with Gasteiger partial charge in [-0.2, -0.15) is 0 Å². The second kappa shape index (κ2) is 5.87. The van der Waals surface area contributed by atoms with E-state index in [4.69, 9.17) is 0 Å². The predicted molar refractivity (Wildman–Crippen MR) is 75.2 cm³/mol. The maximum Gasteiger partial charge on any atom is 0.296 e. The largest absolute Gasteiger partial charge is 0.508 e. The van der Waals surface area contributed by atoms with Crippen LogP contribution in [-0.2, 0) is 6.54 Å². The molecule has 0 aliphatic rings. The number of hydrogen-bond acceptors (Lipinski definition) is 6. The fourth-order valence-electron chi connectivity index (χ4n) is 1.85. The van der Waals surface area contributed by atoms with Crippen LogP contribution in [0.5, 0.6) is 5.75 Å². The molecule has 0 fully saturated rings. The molecule has 21 heavy (non-hydrogen) atoms. The topological polar surface area (TPSA) is 119 Å². The van der Waals surface area contributed by atoms with Crippen molar-refractivity contribution in [1.82, 2.24) is 0 Å². The maximum absolute atomic E-state index is 10.9. The van der Waals surface area contributed by atoms with E-state index in [-0.39, 0.29) is 29.4 Å². The molecule has 0 heterocycles. The zero-order valence-corrected chi connectivity index (χ0v) is 10.7. The van der Waals surface area contributed by atoms with Crippen molar-refractivity contribution < 1.29 is 15.0 Å². The highest BCUT2D eigenvalue weighted by Gasteiger charge is 2.16. The highest BCUT2D eigenvalue weighted by molar-refractivity contribution is 5.64. The summed E-state index contributed by atoms with van der Waals surface area (Å²) in [7, 11) is 0. The van der Waals surface area contributed by atoms with E-state index in [1.165, 1.54) is 18.2 Å². The van der Waals surface area contributed by atoms with Crippen LogP contribution in [-0.4, -0.2) is 15.0 Å². The molecule has 8 nitrogen and oxygen atoms in total. The molecule has 2 aromatic rings. The first-order valence-electron chi connectivity index (χ1n) is 5.92. The number of para-hydroxylation sites is 1. The van der Waals surface area contributed by atoms with Gasteiger partial charge in [-0.05, 0) is 12.1 Å². The van der Waals surface area contributed by atoms with Gasteiger partial charge in [0.25, 0.3) is 11.4 Å². The molecule has 0 radical (unpaired) electrons. The Morgan fingerprint density at radius 2 is 1.67 bits per heavy atom. The van der Waals surface area contributed by atoms with Crippen molar-refractivity contribution in [2.75, 3.05) is 5.32 Å². The second-order valence-electron chi connectivity index (χ2n) is 4.20. The Labute approximate surface area is 119 Å². The monoisotopic (exact) mass is 289 g/mol. The molecule has 0 atom stereocenters. The average Bonchev–Trinajstić information content (AvgIpc) is 2.46. The average molecular weight is 289 g/mol. The fourth-order valence-corrected chi connectivity index (χ4v) is 1.85. The molecule has 0 amide bonds. The molecule has 0 aromatic heterocycles. The van der Waals surface area contributed by atoms with Gasteiger partial charge in [-0.15, -0.1) is 0 Å². The lowest BCUT2D eigenvalue weighted by Gasteiger charge is -2.08. The van der Waals surface area contributed by atoms with Gasteiger partial charge < -0.3 is 10.4 Å². The third-order valence-corrected chi connectivity index (χ3v) is 2.84. The molecular weight excluding hydrogens is 278 g/mol. The minimum absolute atomic E-state index is 0.0583. The molecule has 8 heteroatoms. The number of anilines is 1. The SMILES string of the molecule is O=[N+]([O-])c1ccccc1CNc1ccc(O)cc1[N+](=O)[O-].